The summed E-state index contributed by atoms with van der Waals surface area (Å²) in [7, 11) is 0. The zero-order valence-corrected chi connectivity index (χ0v) is 13.4. The van der Waals surface area contributed by atoms with E-state index in [0.29, 0.717) is 5.91 Å². The number of nitrogens with zero attached hydrogens (tertiary/aromatic N) is 1. The molecular formula is C18H26N2O. The maximum Gasteiger partial charge on any atom is 0.244 e. The molecule has 2 aliphatic rings. The van der Waals surface area contributed by atoms with Crippen molar-refractivity contribution >= 4 is 5.91 Å². The molecule has 2 unspecified atom stereocenters. The maximum atomic E-state index is 13.1. The van der Waals surface area contributed by atoms with Crippen molar-refractivity contribution in [2.45, 2.75) is 70.6 Å². The van der Waals surface area contributed by atoms with Gasteiger partial charge in [-0.05, 0) is 38.7 Å². The predicted molar refractivity (Wildman–Crippen MR) is 84.9 cm³/mol. The topological polar surface area (TPSA) is 32.3 Å². The van der Waals surface area contributed by atoms with E-state index >= 15 is 0 Å². The first-order valence-electron chi connectivity index (χ1n) is 8.24. The van der Waals surface area contributed by atoms with Crippen LogP contribution in [0, 0.1) is 6.92 Å². The lowest BCUT2D eigenvalue weighted by molar-refractivity contribution is -0.135. The summed E-state index contributed by atoms with van der Waals surface area (Å²) in [5.74, 6) is 0.320. The van der Waals surface area contributed by atoms with Crippen LogP contribution in [-0.4, -0.2) is 22.4 Å². The molecule has 1 saturated carbocycles. The molecule has 0 radical (unpaired) electrons. The Morgan fingerprint density at radius 2 is 2.10 bits per heavy atom. The molecule has 1 aliphatic carbocycles. The lowest BCUT2D eigenvalue weighted by atomic mass is 9.97. The van der Waals surface area contributed by atoms with Crippen molar-refractivity contribution in [1.82, 2.24) is 10.2 Å². The van der Waals surface area contributed by atoms with Crippen LogP contribution in [0.5, 0.6) is 0 Å². The molecule has 1 aromatic carbocycles. The lowest BCUT2D eigenvalue weighted by Gasteiger charge is -2.30. The zero-order valence-electron chi connectivity index (χ0n) is 13.4. The van der Waals surface area contributed by atoms with E-state index in [2.05, 4.69) is 55.3 Å². The van der Waals surface area contributed by atoms with Crippen LogP contribution in [0.2, 0.25) is 0 Å². The summed E-state index contributed by atoms with van der Waals surface area (Å²) in [5, 5.41) is 3.70. The van der Waals surface area contributed by atoms with E-state index in [1.165, 1.54) is 11.1 Å². The summed E-state index contributed by atoms with van der Waals surface area (Å²) >= 11 is 0. The Balaban J connectivity index is 1.98. The van der Waals surface area contributed by atoms with Gasteiger partial charge in [0.15, 0.2) is 0 Å². The highest BCUT2D eigenvalue weighted by molar-refractivity contribution is 5.89. The fraction of sp³-hybridized carbons (Fsp3) is 0.611. The monoisotopic (exact) mass is 286 g/mol. The molecule has 2 fully saturated rings. The van der Waals surface area contributed by atoms with Crippen LogP contribution in [0.4, 0.5) is 0 Å². The summed E-state index contributed by atoms with van der Waals surface area (Å²) in [4.78, 5) is 15.2. The van der Waals surface area contributed by atoms with E-state index < -0.39 is 0 Å². The van der Waals surface area contributed by atoms with Gasteiger partial charge in [-0.1, -0.05) is 49.6 Å². The Kier molecular flexibility index (Phi) is 3.78. The molecule has 1 spiro atoms. The van der Waals surface area contributed by atoms with Gasteiger partial charge in [0.25, 0.3) is 0 Å². The van der Waals surface area contributed by atoms with Crippen LogP contribution in [-0.2, 0) is 4.79 Å². The van der Waals surface area contributed by atoms with E-state index in [-0.39, 0.29) is 17.7 Å². The van der Waals surface area contributed by atoms with Crippen LogP contribution in [0.15, 0.2) is 24.3 Å². The highest BCUT2D eigenvalue weighted by Crippen LogP contribution is 2.42. The lowest BCUT2D eigenvalue weighted by Crippen LogP contribution is -2.45. The average Bonchev–Trinajstić information content (AvgIpc) is 3.06. The summed E-state index contributed by atoms with van der Waals surface area (Å²) in [6.45, 7) is 6.43. The van der Waals surface area contributed by atoms with Crippen molar-refractivity contribution < 1.29 is 4.79 Å². The quantitative estimate of drug-likeness (QED) is 0.922. The third-order valence-electron chi connectivity index (χ3n) is 5.22. The number of rotatable bonds is 3. The molecule has 3 nitrogen and oxygen atoms in total. The molecule has 3 rings (SSSR count). The Morgan fingerprint density at radius 3 is 2.71 bits per heavy atom. The van der Waals surface area contributed by atoms with E-state index in [4.69, 9.17) is 0 Å². The minimum Gasteiger partial charge on any atom is -0.319 e. The molecule has 1 aliphatic heterocycles. The molecule has 0 bridgehead atoms. The summed E-state index contributed by atoms with van der Waals surface area (Å²) < 4.78 is 0. The van der Waals surface area contributed by atoms with Gasteiger partial charge < -0.3 is 4.90 Å². The highest BCUT2D eigenvalue weighted by atomic mass is 16.2. The Labute approximate surface area is 127 Å². The van der Waals surface area contributed by atoms with Crippen LogP contribution >= 0.6 is 0 Å². The molecule has 1 N–H and O–H groups in total. The number of amides is 1. The van der Waals surface area contributed by atoms with E-state index in [9.17, 15) is 4.79 Å². The smallest absolute Gasteiger partial charge is 0.244 e. The number of carbonyl (C=O) groups is 1. The van der Waals surface area contributed by atoms with Gasteiger partial charge in [-0.2, -0.15) is 0 Å². The Bertz CT molecular complexity index is 534. The molecule has 3 heteroatoms. The first-order valence-corrected chi connectivity index (χ1v) is 8.24. The van der Waals surface area contributed by atoms with Gasteiger partial charge in [-0.25, -0.2) is 0 Å². The molecular weight excluding hydrogens is 260 g/mol. The second kappa shape index (κ2) is 5.45. The molecule has 21 heavy (non-hydrogen) atoms. The minimum atomic E-state index is -0.294. The van der Waals surface area contributed by atoms with Gasteiger partial charge in [-0.15, -0.1) is 0 Å². The summed E-state index contributed by atoms with van der Waals surface area (Å²) in [6, 6.07) is 8.82. The van der Waals surface area contributed by atoms with Crippen LogP contribution < -0.4 is 5.32 Å². The van der Waals surface area contributed by atoms with Gasteiger partial charge in [0, 0.05) is 6.04 Å². The molecule has 114 valence electrons. The van der Waals surface area contributed by atoms with Crippen molar-refractivity contribution in [3.05, 3.63) is 35.4 Å². The van der Waals surface area contributed by atoms with Gasteiger partial charge in [-0.3, -0.25) is 10.1 Å². The number of hydrogen-bond donors (Lipinski definition) is 1. The van der Waals surface area contributed by atoms with Crippen LogP contribution in [0.3, 0.4) is 0 Å². The average molecular weight is 286 g/mol. The zero-order chi connectivity index (χ0) is 15.0. The SMILES string of the molecule is CCC(C)N1C(=O)C2(CCCC2)NC1c1cccc(C)c1. The number of nitrogens with one attached hydrogen (secondary N) is 1. The third-order valence-corrected chi connectivity index (χ3v) is 5.22. The van der Waals surface area contributed by atoms with Crippen molar-refractivity contribution in [2.24, 2.45) is 0 Å². The number of benzene rings is 1. The molecule has 0 aromatic heterocycles. The second-order valence-electron chi connectivity index (χ2n) is 6.72. The Morgan fingerprint density at radius 1 is 1.38 bits per heavy atom. The van der Waals surface area contributed by atoms with Crippen LogP contribution in [0.1, 0.15) is 63.2 Å². The molecule has 1 saturated heterocycles. The second-order valence-corrected chi connectivity index (χ2v) is 6.72. The predicted octanol–water partition coefficient (Wildman–Crippen LogP) is 3.54. The van der Waals surface area contributed by atoms with Gasteiger partial charge in [0.1, 0.15) is 6.17 Å². The van der Waals surface area contributed by atoms with Gasteiger partial charge >= 0.3 is 0 Å². The number of aryl methyl sites for hydroxylation is 1. The van der Waals surface area contributed by atoms with Gasteiger partial charge in [0.2, 0.25) is 5.91 Å². The standard InChI is InChI=1S/C18H26N2O/c1-4-14(3)20-16(15-9-7-8-13(2)12-15)19-18(17(20)21)10-5-6-11-18/h7-9,12,14,16,19H,4-6,10-11H2,1-3H3. The number of carbonyl (C=O) groups excluding carboxylic acids is 1. The number of hydrogen-bond acceptors (Lipinski definition) is 2. The summed E-state index contributed by atoms with van der Waals surface area (Å²) in [6.07, 6.45) is 5.32. The fourth-order valence-corrected chi connectivity index (χ4v) is 3.83. The third kappa shape index (κ3) is 2.38. The fourth-order valence-electron chi connectivity index (χ4n) is 3.83. The van der Waals surface area contributed by atoms with Crippen LogP contribution in [0.25, 0.3) is 0 Å². The van der Waals surface area contributed by atoms with Crippen molar-refractivity contribution in [3.8, 4) is 0 Å². The minimum absolute atomic E-state index is 0.0328. The summed E-state index contributed by atoms with van der Waals surface area (Å²) in [5.41, 5.74) is 2.17. The van der Waals surface area contributed by atoms with E-state index in [1.54, 1.807) is 0 Å². The first kappa shape index (κ1) is 14.6. The maximum absolute atomic E-state index is 13.1. The Hall–Kier alpha value is -1.35. The van der Waals surface area contributed by atoms with Crippen molar-refractivity contribution in [2.75, 3.05) is 0 Å². The molecule has 1 aromatic rings. The molecule has 1 amide bonds. The normalized spacial score (nSPS) is 25.8. The van der Waals surface area contributed by atoms with Crippen molar-refractivity contribution in [1.29, 1.82) is 0 Å². The molecule has 1 heterocycles. The van der Waals surface area contributed by atoms with Crippen molar-refractivity contribution in [3.63, 3.8) is 0 Å². The molecule has 2 atom stereocenters. The van der Waals surface area contributed by atoms with Gasteiger partial charge in [0.05, 0.1) is 5.54 Å². The first-order chi connectivity index (χ1) is 10.1. The van der Waals surface area contributed by atoms with E-state index in [1.807, 2.05) is 0 Å². The van der Waals surface area contributed by atoms with E-state index in [0.717, 1.165) is 32.1 Å². The highest BCUT2D eigenvalue weighted by Gasteiger charge is 2.53. The largest absolute Gasteiger partial charge is 0.319 e.